The summed E-state index contributed by atoms with van der Waals surface area (Å²) in [6.07, 6.45) is 0. The Bertz CT molecular complexity index is 608. The number of carbonyl (C=O) groups excluding carboxylic acids is 1. The zero-order valence-electron chi connectivity index (χ0n) is 10.3. The molecular formula is C15H13NOS. The van der Waals surface area contributed by atoms with E-state index in [1.54, 1.807) is 11.4 Å². The van der Waals surface area contributed by atoms with Crippen molar-refractivity contribution in [3.63, 3.8) is 0 Å². The Morgan fingerprint density at radius 1 is 1.28 bits per heavy atom. The van der Waals surface area contributed by atoms with Gasteiger partial charge in [-0.05, 0) is 42.0 Å². The van der Waals surface area contributed by atoms with E-state index in [2.05, 4.69) is 6.07 Å². The molecule has 1 unspecified atom stereocenters. The maximum absolute atomic E-state index is 12.2. The van der Waals surface area contributed by atoms with Crippen molar-refractivity contribution in [1.82, 2.24) is 0 Å². The van der Waals surface area contributed by atoms with Crippen LogP contribution in [0.15, 0.2) is 35.0 Å². The lowest BCUT2D eigenvalue weighted by Crippen LogP contribution is -2.10. The van der Waals surface area contributed by atoms with E-state index >= 15 is 0 Å². The van der Waals surface area contributed by atoms with Crippen LogP contribution in [-0.2, 0) is 0 Å². The molecule has 0 spiro atoms. The molecule has 1 aromatic carbocycles. The predicted octanol–water partition coefficient (Wildman–Crippen LogP) is 3.86. The SMILES string of the molecule is Cc1ccc(C(C#N)C(=O)c2ccsc2)cc1C. The predicted molar refractivity (Wildman–Crippen MR) is 72.9 cm³/mol. The minimum absolute atomic E-state index is 0.123. The molecule has 18 heavy (non-hydrogen) atoms. The first-order valence-electron chi connectivity index (χ1n) is 5.66. The highest BCUT2D eigenvalue weighted by molar-refractivity contribution is 7.08. The molecule has 1 atom stereocenters. The molecule has 0 aliphatic heterocycles. The minimum atomic E-state index is -0.709. The van der Waals surface area contributed by atoms with Gasteiger partial charge in [-0.2, -0.15) is 16.6 Å². The molecule has 0 N–H and O–H groups in total. The second-order valence-corrected chi connectivity index (χ2v) is 5.06. The molecule has 0 fully saturated rings. The van der Waals surface area contributed by atoms with Crippen LogP contribution >= 0.6 is 11.3 Å². The molecule has 0 saturated heterocycles. The molecule has 0 radical (unpaired) electrons. The maximum atomic E-state index is 12.2. The van der Waals surface area contributed by atoms with Gasteiger partial charge in [0.25, 0.3) is 0 Å². The molecule has 0 bridgehead atoms. The third-order valence-electron chi connectivity index (χ3n) is 3.06. The van der Waals surface area contributed by atoms with Crippen LogP contribution in [0.3, 0.4) is 0 Å². The zero-order valence-corrected chi connectivity index (χ0v) is 11.1. The third-order valence-corrected chi connectivity index (χ3v) is 3.74. The summed E-state index contributed by atoms with van der Waals surface area (Å²) in [4.78, 5) is 12.2. The molecular weight excluding hydrogens is 242 g/mol. The van der Waals surface area contributed by atoms with Crippen LogP contribution < -0.4 is 0 Å². The fourth-order valence-electron chi connectivity index (χ4n) is 1.80. The number of ketones is 1. The van der Waals surface area contributed by atoms with Crippen molar-refractivity contribution in [2.75, 3.05) is 0 Å². The van der Waals surface area contributed by atoms with E-state index in [4.69, 9.17) is 0 Å². The first-order chi connectivity index (χ1) is 8.63. The molecule has 2 rings (SSSR count). The summed E-state index contributed by atoms with van der Waals surface area (Å²) in [7, 11) is 0. The van der Waals surface area contributed by atoms with Gasteiger partial charge in [0.05, 0.1) is 6.07 Å². The Kier molecular flexibility index (Phi) is 3.59. The van der Waals surface area contributed by atoms with Crippen molar-refractivity contribution >= 4 is 17.1 Å². The van der Waals surface area contributed by atoms with Gasteiger partial charge in [-0.25, -0.2) is 0 Å². The first kappa shape index (κ1) is 12.5. The van der Waals surface area contributed by atoms with Crippen molar-refractivity contribution < 1.29 is 4.79 Å². The monoisotopic (exact) mass is 255 g/mol. The van der Waals surface area contributed by atoms with Gasteiger partial charge in [0.2, 0.25) is 0 Å². The number of hydrogen-bond donors (Lipinski definition) is 0. The fraction of sp³-hybridized carbons (Fsp3) is 0.200. The number of Topliss-reactive ketones (excluding diaryl/α,β-unsaturated/α-hetero) is 1. The van der Waals surface area contributed by atoms with Crippen molar-refractivity contribution in [2.24, 2.45) is 0 Å². The van der Waals surface area contributed by atoms with Crippen LogP contribution in [0.1, 0.15) is 33.0 Å². The smallest absolute Gasteiger partial charge is 0.185 e. The Morgan fingerprint density at radius 3 is 2.61 bits per heavy atom. The van der Waals surface area contributed by atoms with Gasteiger partial charge >= 0.3 is 0 Å². The molecule has 90 valence electrons. The standard InChI is InChI=1S/C15H13NOS/c1-10-3-4-12(7-11(10)2)14(8-16)15(17)13-5-6-18-9-13/h3-7,9,14H,1-2H3. The van der Waals surface area contributed by atoms with Crippen molar-refractivity contribution in [2.45, 2.75) is 19.8 Å². The lowest BCUT2D eigenvalue weighted by atomic mass is 9.91. The molecule has 2 aromatic rings. The summed E-state index contributed by atoms with van der Waals surface area (Å²) in [5.74, 6) is -0.832. The Balaban J connectivity index is 2.37. The van der Waals surface area contributed by atoms with Gasteiger partial charge in [-0.3, -0.25) is 4.79 Å². The van der Waals surface area contributed by atoms with Gasteiger partial charge in [0.1, 0.15) is 5.92 Å². The Labute approximate surface area is 111 Å². The quantitative estimate of drug-likeness (QED) is 0.781. The van der Waals surface area contributed by atoms with Gasteiger partial charge in [-0.15, -0.1) is 0 Å². The lowest BCUT2D eigenvalue weighted by molar-refractivity contribution is 0.0979. The van der Waals surface area contributed by atoms with Gasteiger partial charge in [-0.1, -0.05) is 18.2 Å². The third kappa shape index (κ3) is 2.34. The number of hydrogen-bond acceptors (Lipinski definition) is 3. The van der Waals surface area contributed by atoms with E-state index in [-0.39, 0.29) is 5.78 Å². The van der Waals surface area contributed by atoms with Crippen LogP contribution in [0.25, 0.3) is 0 Å². The fourth-order valence-corrected chi connectivity index (χ4v) is 2.45. The van der Waals surface area contributed by atoms with E-state index in [0.717, 1.165) is 11.1 Å². The normalized spacial score (nSPS) is 11.8. The van der Waals surface area contributed by atoms with Crippen LogP contribution in [0.4, 0.5) is 0 Å². The average Bonchev–Trinajstić information content (AvgIpc) is 2.88. The molecule has 0 aliphatic rings. The Morgan fingerprint density at radius 2 is 2.06 bits per heavy atom. The van der Waals surface area contributed by atoms with Crippen molar-refractivity contribution in [1.29, 1.82) is 5.26 Å². The molecule has 0 aliphatic carbocycles. The van der Waals surface area contributed by atoms with Gasteiger partial charge < -0.3 is 0 Å². The maximum Gasteiger partial charge on any atom is 0.185 e. The molecule has 1 heterocycles. The second-order valence-electron chi connectivity index (χ2n) is 4.28. The number of nitrogens with zero attached hydrogens (tertiary/aromatic N) is 1. The molecule has 0 saturated carbocycles. The van der Waals surface area contributed by atoms with Crippen molar-refractivity contribution in [3.05, 3.63) is 57.3 Å². The van der Waals surface area contributed by atoms with E-state index in [1.165, 1.54) is 16.9 Å². The summed E-state index contributed by atoms with van der Waals surface area (Å²) in [5.41, 5.74) is 3.66. The van der Waals surface area contributed by atoms with E-state index in [1.807, 2.05) is 37.4 Å². The summed E-state index contributed by atoms with van der Waals surface area (Å²) in [6, 6.07) is 9.61. The van der Waals surface area contributed by atoms with E-state index in [0.29, 0.717) is 5.56 Å². The topological polar surface area (TPSA) is 40.9 Å². The highest BCUT2D eigenvalue weighted by Crippen LogP contribution is 2.23. The minimum Gasteiger partial charge on any atom is -0.292 e. The highest BCUT2D eigenvalue weighted by Gasteiger charge is 2.22. The van der Waals surface area contributed by atoms with Crippen LogP contribution in [-0.4, -0.2) is 5.78 Å². The second kappa shape index (κ2) is 5.16. The number of carbonyl (C=O) groups is 1. The number of thiophene rings is 1. The van der Waals surface area contributed by atoms with Crippen LogP contribution in [0.5, 0.6) is 0 Å². The van der Waals surface area contributed by atoms with E-state index in [9.17, 15) is 10.1 Å². The molecule has 2 nitrogen and oxygen atoms in total. The van der Waals surface area contributed by atoms with E-state index < -0.39 is 5.92 Å². The number of nitriles is 1. The molecule has 3 heteroatoms. The molecule has 1 aromatic heterocycles. The summed E-state index contributed by atoms with van der Waals surface area (Å²) in [5, 5.41) is 12.9. The number of aryl methyl sites for hydroxylation is 2. The number of benzene rings is 1. The first-order valence-corrected chi connectivity index (χ1v) is 6.61. The van der Waals surface area contributed by atoms with Gasteiger partial charge in [0.15, 0.2) is 5.78 Å². The summed E-state index contributed by atoms with van der Waals surface area (Å²) >= 11 is 1.47. The Hall–Kier alpha value is -1.92. The van der Waals surface area contributed by atoms with Crippen LogP contribution in [0, 0.1) is 25.2 Å². The van der Waals surface area contributed by atoms with Crippen LogP contribution in [0.2, 0.25) is 0 Å². The largest absolute Gasteiger partial charge is 0.292 e. The highest BCUT2D eigenvalue weighted by atomic mass is 32.1. The summed E-state index contributed by atoms with van der Waals surface area (Å²) < 4.78 is 0. The molecule has 0 amide bonds. The zero-order chi connectivity index (χ0) is 13.1. The summed E-state index contributed by atoms with van der Waals surface area (Å²) in [6.45, 7) is 4.00. The van der Waals surface area contributed by atoms with Crippen molar-refractivity contribution in [3.8, 4) is 6.07 Å². The van der Waals surface area contributed by atoms with Gasteiger partial charge in [0, 0.05) is 10.9 Å². The lowest BCUT2D eigenvalue weighted by Gasteiger charge is -2.09. The number of rotatable bonds is 3. The average molecular weight is 255 g/mol.